The van der Waals surface area contributed by atoms with Crippen LogP contribution in [-0.2, 0) is 9.30 Å². The Hall–Kier alpha value is 0.110. The van der Waals surface area contributed by atoms with E-state index in [0.717, 1.165) is 38.7 Å². The fraction of sp³-hybridized carbons (Fsp3) is 1.00. The summed E-state index contributed by atoms with van der Waals surface area (Å²) in [6.07, 6.45) is 5.99. The molecule has 0 aromatic heterocycles. The lowest BCUT2D eigenvalue weighted by Gasteiger charge is -2.03. The molecule has 86 valence electrons. The Morgan fingerprint density at radius 3 is 2.00 bits per heavy atom. The fourth-order valence-electron chi connectivity index (χ4n) is 1.27. The van der Waals surface area contributed by atoms with Crippen LogP contribution in [-0.4, -0.2) is 29.7 Å². The predicted octanol–water partition coefficient (Wildman–Crippen LogP) is 2.15. The zero-order chi connectivity index (χ0) is 10.9. The topological polar surface area (TPSA) is 66.8 Å². The minimum absolute atomic E-state index is 0.0328. The second-order valence-corrected chi connectivity index (χ2v) is 5.28. The van der Waals surface area contributed by atoms with Crippen molar-refractivity contribution in [2.24, 2.45) is 0 Å². The summed E-state index contributed by atoms with van der Waals surface area (Å²) in [6, 6.07) is 0. The van der Waals surface area contributed by atoms with Gasteiger partial charge in [-0.2, -0.15) is 0 Å². The summed E-state index contributed by atoms with van der Waals surface area (Å²) in [5.74, 6) is 0. The van der Waals surface area contributed by atoms with Crippen LogP contribution in [0, 0.1) is 0 Å². The average Bonchev–Trinajstić information content (AvgIpc) is 2.08. The number of hydrogen-bond acceptors (Lipinski definition) is 2. The van der Waals surface area contributed by atoms with Gasteiger partial charge >= 0.3 is 7.60 Å². The number of hydrogen-bond donors (Lipinski definition) is 2. The van der Waals surface area contributed by atoms with E-state index in [9.17, 15) is 4.57 Å². The molecule has 0 heterocycles. The fourth-order valence-corrected chi connectivity index (χ4v) is 1.91. The first-order chi connectivity index (χ1) is 6.56. The van der Waals surface area contributed by atoms with E-state index in [0.29, 0.717) is 6.42 Å². The molecular formula is C9H21O4P. The molecule has 0 atom stereocenters. The van der Waals surface area contributed by atoms with E-state index >= 15 is 0 Å². The van der Waals surface area contributed by atoms with Crippen LogP contribution < -0.4 is 0 Å². The van der Waals surface area contributed by atoms with Gasteiger partial charge in [0.15, 0.2) is 0 Å². The first-order valence-corrected chi connectivity index (χ1v) is 6.89. The highest BCUT2D eigenvalue weighted by Crippen LogP contribution is 2.35. The van der Waals surface area contributed by atoms with Gasteiger partial charge in [0.25, 0.3) is 0 Å². The molecule has 0 fully saturated rings. The predicted molar refractivity (Wildman–Crippen MR) is 56.5 cm³/mol. The van der Waals surface area contributed by atoms with Crippen molar-refractivity contribution in [2.75, 3.05) is 19.9 Å². The molecule has 0 amide bonds. The van der Waals surface area contributed by atoms with Crippen LogP contribution in [0.15, 0.2) is 0 Å². The van der Waals surface area contributed by atoms with E-state index < -0.39 is 7.60 Å². The maximum absolute atomic E-state index is 10.5. The van der Waals surface area contributed by atoms with Crippen molar-refractivity contribution in [3.63, 3.8) is 0 Å². The molecule has 2 N–H and O–H groups in total. The SMILES string of the molecule is COCCCCCCCCP(=O)(O)O. The highest BCUT2D eigenvalue weighted by Gasteiger charge is 2.10. The summed E-state index contributed by atoms with van der Waals surface area (Å²) in [5.41, 5.74) is 0. The lowest BCUT2D eigenvalue weighted by molar-refractivity contribution is 0.192. The number of unbranched alkanes of at least 4 members (excludes halogenated alkanes) is 5. The van der Waals surface area contributed by atoms with Crippen molar-refractivity contribution < 1.29 is 19.1 Å². The van der Waals surface area contributed by atoms with E-state index in [1.807, 2.05) is 0 Å². The lowest BCUT2D eigenvalue weighted by atomic mass is 10.1. The zero-order valence-corrected chi connectivity index (χ0v) is 9.71. The second-order valence-electron chi connectivity index (χ2n) is 3.50. The summed E-state index contributed by atoms with van der Waals surface area (Å²) in [4.78, 5) is 17.2. The van der Waals surface area contributed by atoms with Crippen molar-refractivity contribution in [1.82, 2.24) is 0 Å². The maximum atomic E-state index is 10.5. The highest BCUT2D eigenvalue weighted by molar-refractivity contribution is 7.51. The third kappa shape index (κ3) is 12.1. The van der Waals surface area contributed by atoms with E-state index in [1.54, 1.807) is 7.11 Å². The zero-order valence-electron chi connectivity index (χ0n) is 8.81. The molecule has 0 saturated heterocycles. The van der Waals surface area contributed by atoms with Crippen molar-refractivity contribution in [1.29, 1.82) is 0 Å². The van der Waals surface area contributed by atoms with Crippen LogP contribution >= 0.6 is 7.60 Å². The molecule has 0 aliphatic rings. The van der Waals surface area contributed by atoms with Crippen LogP contribution in [0.2, 0.25) is 0 Å². The molecule has 0 aromatic rings. The van der Waals surface area contributed by atoms with Gasteiger partial charge in [-0.25, -0.2) is 0 Å². The van der Waals surface area contributed by atoms with Gasteiger partial charge in [-0.05, 0) is 12.8 Å². The number of ether oxygens (including phenoxy) is 1. The van der Waals surface area contributed by atoms with Gasteiger partial charge in [-0.3, -0.25) is 4.57 Å². The van der Waals surface area contributed by atoms with E-state index in [4.69, 9.17) is 14.5 Å². The molecule has 0 saturated carbocycles. The van der Waals surface area contributed by atoms with Gasteiger partial charge in [0.05, 0.1) is 0 Å². The molecule has 0 unspecified atom stereocenters. The van der Waals surface area contributed by atoms with E-state index in [2.05, 4.69) is 0 Å². The van der Waals surface area contributed by atoms with Gasteiger partial charge < -0.3 is 14.5 Å². The Morgan fingerprint density at radius 2 is 1.50 bits per heavy atom. The second kappa shape index (κ2) is 8.42. The third-order valence-electron chi connectivity index (χ3n) is 2.05. The average molecular weight is 224 g/mol. The van der Waals surface area contributed by atoms with Crippen LogP contribution in [0.4, 0.5) is 0 Å². The van der Waals surface area contributed by atoms with Crippen LogP contribution in [0.1, 0.15) is 38.5 Å². The molecule has 4 nitrogen and oxygen atoms in total. The largest absolute Gasteiger partial charge is 0.385 e. The smallest absolute Gasteiger partial charge is 0.325 e. The van der Waals surface area contributed by atoms with Crippen molar-refractivity contribution in [2.45, 2.75) is 38.5 Å². The summed E-state index contributed by atoms with van der Waals surface area (Å²) < 4.78 is 15.4. The normalized spacial score (nSPS) is 11.9. The minimum Gasteiger partial charge on any atom is -0.385 e. The maximum Gasteiger partial charge on any atom is 0.325 e. The monoisotopic (exact) mass is 224 g/mol. The van der Waals surface area contributed by atoms with Gasteiger partial charge in [-0.15, -0.1) is 0 Å². The first-order valence-electron chi connectivity index (χ1n) is 5.10. The highest BCUT2D eigenvalue weighted by atomic mass is 31.2. The Morgan fingerprint density at radius 1 is 1.00 bits per heavy atom. The van der Waals surface area contributed by atoms with Crippen LogP contribution in [0.25, 0.3) is 0 Å². The Bertz CT molecular complexity index is 166. The third-order valence-corrected chi connectivity index (χ3v) is 2.95. The first kappa shape index (κ1) is 14.1. The summed E-state index contributed by atoms with van der Waals surface area (Å²) >= 11 is 0. The summed E-state index contributed by atoms with van der Waals surface area (Å²) in [6.45, 7) is 0.808. The van der Waals surface area contributed by atoms with Crippen molar-refractivity contribution >= 4 is 7.60 Å². The molecule has 0 aliphatic carbocycles. The van der Waals surface area contributed by atoms with Gasteiger partial charge in [0, 0.05) is 19.9 Å². The Balaban J connectivity index is 3.03. The van der Waals surface area contributed by atoms with Crippen LogP contribution in [0.5, 0.6) is 0 Å². The molecule has 0 radical (unpaired) electrons. The molecule has 0 bridgehead atoms. The molecule has 0 aromatic carbocycles. The van der Waals surface area contributed by atoms with E-state index in [1.165, 1.54) is 0 Å². The molecule has 14 heavy (non-hydrogen) atoms. The minimum atomic E-state index is -3.75. The summed E-state index contributed by atoms with van der Waals surface area (Å²) in [7, 11) is -2.06. The quantitative estimate of drug-likeness (QED) is 0.465. The van der Waals surface area contributed by atoms with Gasteiger partial charge in [-0.1, -0.05) is 25.7 Å². The Kier molecular flexibility index (Phi) is 8.49. The number of methoxy groups -OCH3 is 1. The lowest BCUT2D eigenvalue weighted by Crippen LogP contribution is -1.90. The molecular weight excluding hydrogens is 203 g/mol. The summed E-state index contributed by atoms with van der Waals surface area (Å²) in [5, 5.41) is 0. The Labute approximate surface area is 85.8 Å². The van der Waals surface area contributed by atoms with Crippen molar-refractivity contribution in [3.8, 4) is 0 Å². The standard InChI is InChI=1S/C9H21O4P/c1-13-8-6-4-2-3-5-7-9-14(10,11)12/h2-9H2,1H3,(H2,10,11,12). The molecule has 0 aliphatic heterocycles. The van der Waals surface area contributed by atoms with Gasteiger partial charge in [0.1, 0.15) is 0 Å². The molecule has 5 heteroatoms. The van der Waals surface area contributed by atoms with Crippen molar-refractivity contribution in [3.05, 3.63) is 0 Å². The molecule has 0 spiro atoms. The van der Waals surface area contributed by atoms with Gasteiger partial charge in [0.2, 0.25) is 0 Å². The number of rotatable bonds is 9. The van der Waals surface area contributed by atoms with E-state index in [-0.39, 0.29) is 6.16 Å². The van der Waals surface area contributed by atoms with Crippen LogP contribution in [0.3, 0.4) is 0 Å². The molecule has 0 rings (SSSR count).